The normalized spacial score (nSPS) is 25.6. The molecule has 1 aromatic heterocycles. The van der Waals surface area contributed by atoms with Gasteiger partial charge in [0.25, 0.3) is 5.56 Å². The summed E-state index contributed by atoms with van der Waals surface area (Å²) < 4.78 is 4.25. The molecule has 0 aliphatic heterocycles. The van der Waals surface area contributed by atoms with Crippen LogP contribution in [0.1, 0.15) is 69.3 Å². The molecule has 28 heavy (non-hydrogen) atoms. The number of rotatable bonds is 3. The van der Waals surface area contributed by atoms with Crippen LogP contribution < -0.4 is 5.56 Å². The van der Waals surface area contributed by atoms with E-state index in [-0.39, 0.29) is 22.4 Å². The Hall–Kier alpha value is -2.55. The van der Waals surface area contributed by atoms with Crippen molar-refractivity contribution in [3.8, 4) is 5.69 Å². The molecule has 2 aliphatic rings. The molecule has 144 valence electrons. The Kier molecular flexibility index (Phi) is 3.59. The minimum absolute atomic E-state index is 0.0230. The maximum atomic E-state index is 13.8. The van der Waals surface area contributed by atoms with E-state index in [4.69, 9.17) is 0 Å². The summed E-state index contributed by atoms with van der Waals surface area (Å²) in [6, 6.07) is 20.7. The number of aromatic nitrogens is 2. The van der Waals surface area contributed by atoms with Crippen LogP contribution in [0.15, 0.2) is 65.5 Å². The first-order chi connectivity index (χ1) is 13.4. The second-order valence-corrected chi connectivity index (χ2v) is 9.29. The van der Waals surface area contributed by atoms with Crippen LogP contribution in [0.5, 0.6) is 0 Å². The van der Waals surface area contributed by atoms with Gasteiger partial charge in [-0.2, -0.15) is 0 Å². The highest BCUT2D eigenvalue weighted by Crippen LogP contribution is 2.67. The Bertz CT molecular complexity index is 1090. The Morgan fingerprint density at radius 2 is 1.57 bits per heavy atom. The minimum Gasteiger partial charge on any atom is -0.274 e. The van der Waals surface area contributed by atoms with Crippen molar-refractivity contribution in [1.82, 2.24) is 9.36 Å². The van der Waals surface area contributed by atoms with Gasteiger partial charge in [-0.3, -0.25) is 9.48 Å². The van der Waals surface area contributed by atoms with E-state index in [0.29, 0.717) is 5.92 Å². The molecule has 1 heterocycles. The van der Waals surface area contributed by atoms with Gasteiger partial charge in [0.2, 0.25) is 0 Å². The van der Waals surface area contributed by atoms with Crippen LogP contribution in [0, 0.1) is 5.41 Å². The van der Waals surface area contributed by atoms with Crippen molar-refractivity contribution in [2.24, 2.45) is 5.41 Å². The number of fused-ring (bicyclic) bond motifs is 5. The summed E-state index contributed by atoms with van der Waals surface area (Å²) >= 11 is 0. The van der Waals surface area contributed by atoms with Crippen LogP contribution in [-0.2, 0) is 5.41 Å². The van der Waals surface area contributed by atoms with Gasteiger partial charge in [0.05, 0.1) is 17.4 Å². The topological polar surface area (TPSA) is 26.9 Å². The van der Waals surface area contributed by atoms with Gasteiger partial charge in [0.1, 0.15) is 0 Å². The van der Waals surface area contributed by atoms with Gasteiger partial charge in [0.15, 0.2) is 0 Å². The van der Waals surface area contributed by atoms with E-state index in [0.717, 1.165) is 24.1 Å². The molecule has 0 N–H and O–H groups in total. The Morgan fingerprint density at radius 1 is 0.964 bits per heavy atom. The first-order valence-electron chi connectivity index (χ1n) is 10.4. The van der Waals surface area contributed by atoms with Gasteiger partial charge in [-0.15, -0.1) is 0 Å². The highest BCUT2D eigenvalue weighted by atomic mass is 16.1. The smallest absolute Gasteiger partial charge is 0.274 e. The summed E-state index contributed by atoms with van der Waals surface area (Å²) in [5.41, 5.74) is 4.81. The molecule has 3 heteroatoms. The molecule has 3 nitrogen and oxygen atoms in total. The van der Waals surface area contributed by atoms with Crippen molar-refractivity contribution in [2.75, 3.05) is 0 Å². The zero-order valence-corrected chi connectivity index (χ0v) is 17.1. The van der Waals surface area contributed by atoms with Gasteiger partial charge in [-0.05, 0) is 48.8 Å². The molecule has 0 saturated heterocycles. The van der Waals surface area contributed by atoms with E-state index in [1.165, 1.54) is 11.3 Å². The minimum atomic E-state index is 0.0230. The van der Waals surface area contributed by atoms with Crippen molar-refractivity contribution in [1.29, 1.82) is 0 Å². The largest absolute Gasteiger partial charge is 0.275 e. The van der Waals surface area contributed by atoms with E-state index in [1.807, 2.05) is 41.1 Å². The van der Waals surface area contributed by atoms with Crippen LogP contribution in [0.2, 0.25) is 0 Å². The molecule has 1 unspecified atom stereocenters. The van der Waals surface area contributed by atoms with E-state index in [9.17, 15) is 4.79 Å². The van der Waals surface area contributed by atoms with Gasteiger partial charge in [0, 0.05) is 11.0 Å². The number of hydrogen-bond donors (Lipinski definition) is 0. The number of benzene rings is 2. The molecule has 0 radical (unpaired) electrons. The highest BCUT2D eigenvalue weighted by molar-refractivity contribution is 5.48. The number of hydrogen-bond acceptors (Lipinski definition) is 1. The molecule has 0 amide bonds. The van der Waals surface area contributed by atoms with Crippen molar-refractivity contribution in [3.05, 3.63) is 87.8 Å². The average molecular weight is 373 g/mol. The van der Waals surface area contributed by atoms with E-state index in [2.05, 4.69) is 56.6 Å². The summed E-state index contributed by atoms with van der Waals surface area (Å²) in [5, 5.41) is 0. The number of para-hydroxylation sites is 1. The lowest BCUT2D eigenvalue weighted by atomic mass is 9.70. The van der Waals surface area contributed by atoms with Crippen LogP contribution in [0.3, 0.4) is 0 Å². The summed E-state index contributed by atoms with van der Waals surface area (Å²) in [4.78, 5) is 13.8. The molecule has 3 atom stereocenters. The van der Waals surface area contributed by atoms with Gasteiger partial charge < -0.3 is 0 Å². The van der Waals surface area contributed by atoms with Crippen molar-refractivity contribution < 1.29 is 0 Å². The predicted molar refractivity (Wildman–Crippen MR) is 113 cm³/mol. The van der Waals surface area contributed by atoms with Crippen molar-refractivity contribution in [2.45, 2.75) is 57.9 Å². The fraction of sp³-hybridized carbons (Fsp3) is 0.400. The maximum Gasteiger partial charge on any atom is 0.275 e. The molecule has 3 aromatic rings. The molecule has 2 bridgehead atoms. The summed E-state index contributed by atoms with van der Waals surface area (Å²) in [5.74, 6) is 0.346. The second kappa shape index (κ2) is 5.73. The van der Waals surface area contributed by atoms with Gasteiger partial charge >= 0.3 is 0 Å². The Labute approximate surface area is 166 Å². The quantitative estimate of drug-likeness (QED) is 0.603. The predicted octanol–water partition coefficient (Wildman–Crippen LogP) is 5.42. The standard InChI is InChI=1S/C25H28N2O/c1-17(18-11-7-5-8-12-18)26-22-21(20-15-16-25(22,4)24(20,2)3)23(28)27(26)19-13-9-6-10-14-19/h5-14,17,20H,15-16H2,1-4H3/t17?,20-,25+/m1/s1. The lowest BCUT2D eigenvalue weighted by molar-refractivity contribution is 0.213. The van der Waals surface area contributed by atoms with Crippen LogP contribution in [0.4, 0.5) is 0 Å². The first-order valence-corrected chi connectivity index (χ1v) is 10.4. The zero-order chi connectivity index (χ0) is 19.7. The van der Waals surface area contributed by atoms with Crippen LogP contribution in [-0.4, -0.2) is 9.36 Å². The summed E-state index contributed by atoms with van der Waals surface area (Å²) in [7, 11) is 0. The van der Waals surface area contributed by atoms with Crippen molar-refractivity contribution in [3.63, 3.8) is 0 Å². The fourth-order valence-corrected chi connectivity index (χ4v) is 5.88. The second-order valence-electron chi connectivity index (χ2n) is 9.29. The SMILES string of the molecule is CC(c1ccccc1)n1c2c(c(=O)n1-c1ccccc1)[C@H]1CC[C@]2(C)C1(C)C. The fourth-order valence-electron chi connectivity index (χ4n) is 5.88. The van der Waals surface area contributed by atoms with Crippen LogP contribution in [0.25, 0.3) is 5.69 Å². The lowest BCUT2D eigenvalue weighted by Crippen LogP contribution is -2.37. The van der Waals surface area contributed by atoms with Gasteiger partial charge in [-0.25, -0.2) is 4.68 Å². The number of nitrogens with zero attached hydrogens (tertiary/aromatic N) is 2. The molecular weight excluding hydrogens is 344 g/mol. The molecule has 0 spiro atoms. The first kappa shape index (κ1) is 17.5. The molecule has 1 saturated carbocycles. The van der Waals surface area contributed by atoms with E-state index in [1.54, 1.807) is 0 Å². The third-order valence-corrected chi connectivity index (χ3v) is 7.87. The molecule has 2 aliphatic carbocycles. The third-order valence-electron chi connectivity index (χ3n) is 7.87. The lowest BCUT2D eigenvalue weighted by Gasteiger charge is -2.37. The highest BCUT2D eigenvalue weighted by Gasteiger charge is 2.63. The van der Waals surface area contributed by atoms with E-state index >= 15 is 0 Å². The van der Waals surface area contributed by atoms with Gasteiger partial charge in [-0.1, -0.05) is 69.3 Å². The van der Waals surface area contributed by atoms with E-state index < -0.39 is 0 Å². The molecule has 5 rings (SSSR count). The van der Waals surface area contributed by atoms with Crippen molar-refractivity contribution >= 4 is 0 Å². The summed E-state index contributed by atoms with van der Waals surface area (Å²) in [6.07, 6.45) is 2.27. The zero-order valence-electron chi connectivity index (χ0n) is 17.1. The summed E-state index contributed by atoms with van der Waals surface area (Å²) in [6.45, 7) is 9.31. The molecule has 1 fully saturated rings. The maximum absolute atomic E-state index is 13.8. The monoisotopic (exact) mass is 372 g/mol. The Morgan fingerprint density at radius 3 is 2.21 bits per heavy atom. The van der Waals surface area contributed by atoms with Crippen LogP contribution >= 0.6 is 0 Å². The third kappa shape index (κ3) is 2.02. The molecular formula is C25H28N2O. The Balaban J connectivity index is 1.85. The average Bonchev–Trinajstić information content (AvgIpc) is 3.21. The molecule has 2 aromatic carbocycles.